The molecule has 0 bridgehead atoms. The van der Waals surface area contributed by atoms with Gasteiger partial charge in [-0.2, -0.15) is 5.10 Å². The van der Waals surface area contributed by atoms with E-state index in [0.29, 0.717) is 69.4 Å². The van der Waals surface area contributed by atoms with Gasteiger partial charge in [-0.1, -0.05) is 60.1 Å². The number of hydrogen-bond donors (Lipinski definition) is 1. The maximum atomic E-state index is 14.6. The molecule has 364 valence electrons. The number of fused-ring (bicyclic) bond motifs is 3. The number of aromatic nitrogens is 3. The molecule has 0 radical (unpaired) electrons. The summed E-state index contributed by atoms with van der Waals surface area (Å²) in [6.07, 6.45) is 1.15. The van der Waals surface area contributed by atoms with Gasteiger partial charge in [0, 0.05) is 80.3 Å². The minimum atomic E-state index is -1.13. The van der Waals surface area contributed by atoms with E-state index in [2.05, 4.69) is 26.9 Å². The molecule has 4 aromatic carbocycles. The lowest BCUT2D eigenvalue weighted by Gasteiger charge is -2.35. The number of ether oxygens (including phenoxy) is 3. The Morgan fingerprint density at radius 2 is 1.54 bits per heavy atom. The lowest BCUT2D eigenvalue weighted by atomic mass is 9.98. The fraction of sp³-hybridized carbons (Fsp3) is 0.377. The van der Waals surface area contributed by atoms with Gasteiger partial charge in [0.1, 0.15) is 28.8 Å². The van der Waals surface area contributed by atoms with Crippen molar-refractivity contribution < 1.29 is 43.0 Å². The Labute approximate surface area is 410 Å². The van der Waals surface area contributed by atoms with E-state index in [-0.39, 0.29) is 42.2 Å². The summed E-state index contributed by atoms with van der Waals surface area (Å²) in [5.41, 5.74) is 4.81. The Morgan fingerprint density at radius 1 is 0.814 bits per heavy atom. The Kier molecular flexibility index (Phi) is 13.3. The number of amides is 5. The van der Waals surface area contributed by atoms with Crippen LogP contribution in [0.15, 0.2) is 72.8 Å². The highest BCUT2D eigenvalue weighted by Gasteiger charge is 2.46. The molecule has 5 amide bonds. The first-order chi connectivity index (χ1) is 33.5. The first kappa shape index (κ1) is 48.0. The van der Waals surface area contributed by atoms with Crippen molar-refractivity contribution in [2.75, 3.05) is 45.9 Å². The van der Waals surface area contributed by atoms with Crippen molar-refractivity contribution in [3.8, 4) is 22.6 Å². The molecule has 0 saturated carbocycles. The maximum Gasteiger partial charge on any atom is 0.355 e. The van der Waals surface area contributed by atoms with E-state index in [1.54, 1.807) is 11.0 Å². The number of carbonyl (C=O) groups excluding carboxylic acids is 6. The number of nitrogens with one attached hydrogen (secondary N) is 1. The zero-order valence-corrected chi connectivity index (χ0v) is 41.0. The third kappa shape index (κ3) is 9.25. The molecule has 2 saturated heterocycles. The number of nitrogens with zero attached hydrogens (tertiary/aromatic N) is 6. The van der Waals surface area contributed by atoms with Crippen molar-refractivity contribution in [3.63, 3.8) is 0 Å². The van der Waals surface area contributed by atoms with Crippen molar-refractivity contribution in [1.82, 2.24) is 34.4 Å². The van der Waals surface area contributed by atoms with E-state index >= 15 is 0 Å². The van der Waals surface area contributed by atoms with Gasteiger partial charge in [-0.15, -0.1) is 0 Å². The van der Waals surface area contributed by atoms with E-state index in [1.807, 2.05) is 88.8 Å². The number of aryl methyl sites for hydroxylation is 3. The lowest BCUT2D eigenvalue weighted by Crippen LogP contribution is -2.54. The van der Waals surface area contributed by atoms with E-state index in [4.69, 9.17) is 30.9 Å². The number of halogens is 1. The Morgan fingerprint density at radius 3 is 2.27 bits per heavy atom. The summed E-state index contributed by atoms with van der Waals surface area (Å²) in [7, 11) is 1.90. The van der Waals surface area contributed by atoms with Crippen molar-refractivity contribution in [3.05, 3.63) is 112 Å². The Hall–Kier alpha value is -7.04. The van der Waals surface area contributed by atoms with Crippen LogP contribution in [0, 0.1) is 13.8 Å². The molecule has 0 spiro atoms. The average Bonchev–Trinajstić information content (AvgIpc) is 3.88. The quantitative estimate of drug-likeness (QED) is 0.0673. The highest BCUT2D eigenvalue weighted by Crippen LogP contribution is 2.43. The molecule has 5 heterocycles. The molecule has 0 aliphatic carbocycles. The molecule has 3 aliphatic rings. The Balaban J connectivity index is 0.939. The van der Waals surface area contributed by atoms with Crippen LogP contribution in [0.3, 0.4) is 0 Å². The number of imide groups is 2. The molecule has 2 aromatic heterocycles. The SMILES string of the molecule is Cc1nn(C)c(C)c1-c1c(Cl)ccc2c(CCCOc3cccc4ccccc34)c(C(=O)OC(C)(C)C)n(CCN3CCN(C(=O)COc4cccc5c4C(=O)N(C4CCC(=O)NC4=O)C5=O)CC3)c12. The maximum absolute atomic E-state index is 14.6. The van der Waals surface area contributed by atoms with E-state index in [1.165, 1.54) is 12.1 Å². The van der Waals surface area contributed by atoms with E-state index in [0.717, 1.165) is 60.4 Å². The number of rotatable bonds is 14. The minimum absolute atomic E-state index is 0.00195. The van der Waals surface area contributed by atoms with E-state index < -0.39 is 41.2 Å². The van der Waals surface area contributed by atoms with Crippen LogP contribution >= 0.6 is 11.6 Å². The molecular formula is C53H56ClN7O9. The van der Waals surface area contributed by atoms with Crippen LogP contribution in [0.1, 0.15) is 88.2 Å². The summed E-state index contributed by atoms with van der Waals surface area (Å²) in [5, 5.41) is 10.5. The monoisotopic (exact) mass is 969 g/mol. The van der Waals surface area contributed by atoms with Crippen LogP contribution in [-0.4, -0.2) is 122 Å². The summed E-state index contributed by atoms with van der Waals surface area (Å²) in [5.74, 6) is -2.42. The minimum Gasteiger partial charge on any atom is -0.493 e. The molecule has 3 aliphatic heterocycles. The van der Waals surface area contributed by atoms with Crippen LogP contribution in [-0.2, 0) is 39.1 Å². The van der Waals surface area contributed by atoms with Crippen molar-refractivity contribution >= 4 is 68.8 Å². The van der Waals surface area contributed by atoms with E-state index in [9.17, 15) is 28.8 Å². The third-order valence-electron chi connectivity index (χ3n) is 13.4. The van der Waals surface area contributed by atoms with Crippen LogP contribution in [0.25, 0.3) is 32.8 Å². The molecule has 16 nitrogen and oxygen atoms in total. The van der Waals surface area contributed by atoms with Gasteiger partial charge in [-0.3, -0.25) is 43.8 Å². The van der Waals surface area contributed by atoms with Gasteiger partial charge in [0.25, 0.3) is 17.7 Å². The van der Waals surface area contributed by atoms with Crippen LogP contribution in [0.4, 0.5) is 0 Å². The predicted molar refractivity (Wildman–Crippen MR) is 263 cm³/mol. The fourth-order valence-corrected chi connectivity index (χ4v) is 10.2. The first-order valence-electron chi connectivity index (χ1n) is 23.7. The van der Waals surface area contributed by atoms with Crippen LogP contribution < -0.4 is 14.8 Å². The van der Waals surface area contributed by atoms with Gasteiger partial charge in [-0.25, -0.2) is 4.79 Å². The van der Waals surface area contributed by atoms with Gasteiger partial charge in [-0.05, 0) is 89.1 Å². The summed E-state index contributed by atoms with van der Waals surface area (Å²) in [6, 6.07) is 21.4. The molecule has 9 rings (SSSR count). The third-order valence-corrected chi connectivity index (χ3v) is 13.7. The summed E-state index contributed by atoms with van der Waals surface area (Å²) < 4.78 is 22.4. The summed E-state index contributed by atoms with van der Waals surface area (Å²) >= 11 is 7.20. The Bertz CT molecular complexity index is 3100. The molecule has 1 atom stereocenters. The topological polar surface area (TPSA) is 175 Å². The van der Waals surface area contributed by atoms with Crippen molar-refractivity contribution in [2.45, 2.75) is 78.5 Å². The second-order valence-corrected chi connectivity index (χ2v) is 19.4. The number of hydrogen-bond acceptors (Lipinski definition) is 11. The molecule has 70 heavy (non-hydrogen) atoms. The second-order valence-electron chi connectivity index (χ2n) is 19.0. The second kappa shape index (κ2) is 19.4. The molecule has 1 unspecified atom stereocenters. The first-order valence-corrected chi connectivity index (χ1v) is 24.0. The van der Waals surface area contributed by atoms with Gasteiger partial charge < -0.3 is 23.7 Å². The smallest absolute Gasteiger partial charge is 0.355 e. The number of benzene rings is 4. The van der Waals surface area contributed by atoms with Crippen LogP contribution in [0.5, 0.6) is 11.5 Å². The molecular weight excluding hydrogens is 914 g/mol. The molecule has 2 fully saturated rings. The average molecular weight is 971 g/mol. The number of piperidine rings is 1. The molecule has 17 heteroatoms. The number of carbonyl (C=O) groups is 6. The summed E-state index contributed by atoms with van der Waals surface area (Å²) in [6.45, 7) is 12.4. The normalized spacial score (nSPS) is 16.6. The standard InChI is InChI=1S/C53H56ClN7O9/c1-31-44(32(2)57(6)56-31)46-38(54)20-19-36-35(16-11-29-68-40-17-9-13-33-12-7-8-14-34(33)40)48(52(67)70-53(3,4)5)60(47(36)46)28-25-58-23-26-59(27-24-58)43(63)30-69-41-18-10-15-37-45(41)51(66)61(50(37)65)39-21-22-42(62)55-49(39)64/h7-10,12-15,17-20,39H,11,16,21-30H2,1-6H3,(H,55,62,64). The number of esters is 1. The summed E-state index contributed by atoms with van der Waals surface area (Å²) in [4.78, 5) is 84.4. The lowest BCUT2D eigenvalue weighted by molar-refractivity contribution is -0.136. The van der Waals surface area contributed by atoms with Crippen molar-refractivity contribution in [1.29, 1.82) is 0 Å². The van der Waals surface area contributed by atoms with Crippen LogP contribution in [0.2, 0.25) is 5.02 Å². The predicted octanol–water partition coefficient (Wildman–Crippen LogP) is 7.06. The molecule has 1 N–H and O–H groups in total. The van der Waals surface area contributed by atoms with Gasteiger partial charge in [0.05, 0.1) is 34.0 Å². The highest BCUT2D eigenvalue weighted by atomic mass is 35.5. The zero-order valence-electron chi connectivity index (χ0n) is 40.2. The molecule has 6 aromatic rings. The van der Waals surface area contributed by atoms with Gasteiger partial charge in [0.15, 0.2) is 6.61 Å². The largest absolute Gasteiger partial charge is 0.493 e. The highest BCUT2D eigenvalue weighted by molar-refractivity contribution is 6.35. The number of piperazine rings is 1. The van der Waals surface area contributed by atoms with Gasteiger partial charge >= 0.3 is 5.97 Å². The van der Waals surface area contributed by atoms with Crippen molar-refractivity contribution in [2.24, 2.45) is 7.05 Å². The fourth-order valence-electron chi connectivity index (χ4n) is 9.95. The van der Waals surface area contributed by atoms with Gasteiger partial charge in [0.2, 0.25) is 11.8 Å². The zero-order chi connectivity index (χ0) is 49.6.